The number of hydrogen-bond donors (Lipinski definition) is 1. The fourth-order valence-electron chi connectivity index (χ4n) is 2.65. The summed E-state index contributed by atoms with van der Waals surface area (Å²) in [6.45, 7) is 4.57. The Hall–Kier alpha value is -0.730. The second-order valence-electron chi connectivity index (χ2n) is 5.32. The quantitative estimate of drug-likeness (QED) is 0.886. The van der Waals surface area contributed by atoms with Crippen LogP contribution in [0.1, 0.15) is 24.8 Å². The minimum absolute atomic E-state index is 0.591. The van der Waals surface area contributed by atoms with E-state index in [4.69, 9.17) is 11.6 Å². The van der Waals surface area contributed by atoms with E-state index in [9.17, 15) is 0 Å². The van der Waals surface area contributed by atoms with Gasteiger partial charge >= 0.3 is 0 Å². The zero-order valence-electron chi connectivity index (χ0n) is 10.2. The van der Waals surface area contributed by atoms with Gasteiger partial charge in [0.25, 0.3) is 0 Å². The van der Waals surface area contributed by atoms with Crippen molar-refractivity contribution in [2.45, 2.75) is 38.3 Å². The van der Waals surface area contributed by atoms with Gasteiger partial charge in [0.1, 0.15) is 0 Å². The number of benzene rings is 1. The number of rotatable bonds is 3. The maximum Gasteiger partial charge on any atom is 0.0426 e. The van der Waals surface area contributed by atoms with E-state index in [2.05, 4.69) is 23.2 Å². The molecular weight excluding hydrogens is 232 g/mol. The maximum absolute atomic E-state index is 6.04. The van der Waals surface area contributed by atoms with Crippen molar-refractivity contribution in [3.63, 3.8) is 0 Å². The normalized spacial score (nSPS) is 25.2. The molecule has 92 valence electrons. The molecule has 1 aliphatic carbocycles. The van der Waals surface area contributed by atoms with Crippen molar-refractivity contribution in [1.29, 1.82) is 0 Å². The van der Waals surface area contributed by atoms with Crippen LogP contribution in [0.4, 0.5) is 5.69 Å². The van der Waals surface area contributed by atoms with Crippen molar-refractivity contribution in [2.75, 3.05) is 18.4 Å². The van der Waals surface area contributed by atoms with E-state index in [0.717, 1.165) is 11.1 Å². The van der Waals surface area contributed by atoms with Gasteiger partial charge < -0.3 is 5.32 Å². The highest BCUT2D eigenvalue weighted by molar-refractivity contribution is 6.30. The molecule has 2 aliphatic rings. The molecular formula is C14H19ClN2. The van der Waals surface area contributed by atoms with Gasteiger partial charge in [0.15, 0.2) is 0 Å². The van der Waals surface area contributed by atoms with Crippen molar-refractivity contribution in [1.82, 2.24) is 4.90 Å². The summed E-state index contributed by atoms with van der Waals surface area (Å²) in [5, 5.41) is 4.45. The van der Waals surface area contributed by atoms with E-state index in [1.165, 1.54) is 43.6 Å². The van der Waals surface area contributed by atoms with Crippen molar-refractivity contribution in [2.24, 2.45) is 0 Å². The number of likely N-dealkylation sites (tertiary alicyclic amines) is 1. The fraction of sp³-hybridized carbons (Fsp3) is 0.571. The second kappa shape index (κ2) is 4.51. The van der Waals surface area contributed by atoms with Gasteiger partial charge in [-0.05, 0) is 43.9 Å². The second-order valence-corrected chi connectivity index (χ2v) is 5.75. The van der Waals surface area contributed by atoms with Crippen molar-refractivity contribution in [3.05, 3.63) is 28.8 Å². The molecule has 0 radical (unpaired) electrons. The third kappa shape index (κ3) is 2.58. The number of aryl methyl sites for hydroxylation is 1. The molecule has 2 fully saturated rings. The van der Waals surface area contributed by atoms with Gasteiger partial charge in [-0.15, -0.1) is 0 Å². The van der Waals surface area contributed by atoms with Crippen LogP contribution in [0.25, 0.3) is 0 Å². The topological polar surface area (TPSA) is 15.3 Å². The first-order valence-electron chi connectivity index (χ1n) is 6.49. The van der Waals surface area contributed by atoms with Crippen LogP contribution >= 0.6 is 11.6 Å². The van der Waals surface area contributed by atoms with Crippen molar-refractivity contribution in [3.8, 4) is 0 Å². The van der Waals surface area contributed by atoms with Crippen LogP contribution in [-0.2, 0) is 0 Å². The molecule has 0 amide bonds. The third-order valence-corrected chi connectivity index (χ3v) is 4.08. The van der Waals surface area contributed by atoms with Gasteiger partial charge in [0.05, 0.1) is 0 Å². The number of nitrogens with one attached hydrogen (secondary N) is 1. The highest BCUT2D eigenvalue weighted by atomic mass is 35.5. The average molecular weight is 251 g/mol. The lowest BCUT2D eigenvalue weighted by Gasteiger charge is -2.18. The summed E-state index contributed by atoms with van der Waals surface area (Å²) in [4.78, 5) is 2.62. The summed E-state index contributed by atoms with van der Waals surface area (Å²) in [6, 6.07) is 7.55. The first-order chi connectivity index (χ1) is 8.22. The smallest absolute Gasteiger partial charge is 0.0426 e. The van der Waals surface area contributed by atoms with E-state index >= 15 is 0 Å². The first kappa shape index (κ1) is 11.4. The summed E-state index contributed by atoms with van der Waals surface area (Å²) in [5.74, 6) is 0. The van der Waals surface area contributed by atoms with Crippen LogP contribution in [0, 0.1) is 6.92 Å². The van der Waals surface area contributed by atoms with E-state index < -0.39 is 0 Å². The molecule has 1 aromatic carbocycles. The maximum atomic E-state index is 6.04. The Balaban J connectivity index is 1.64. The van der Waals surface area contributed by atoms with E-state index in [0.29, 0.717) is 6.04 Å². The molecule has 0 spiro atoms. The SMILES string of the molecule is Cc1ccc(Cl)cc1NC1CCN(C2CC2)C1. The summed E-state index contributed by atoms with van der Waals surface area (Å²) in [6.07, 6.45) is 4.06. The predicted octanol–water partition coefficient (Wildman–Crippen LogP) is 3.30. The van der Waals surface area contributed by atoms with Gasteiger partial charge in [-0.2, -0.15) is 0 Å². The lowest BCUT2D eigenvalue weighted by atomic mass is 10.1. The Bertz CT molecular complexity index is 415. The van der Waals surface area contributed by atoms with Crippen molar-refractivity contribution >= 4 is 17.3 Å². The van der Waals surface area contributed by atoms with Gasteiger partial charge in [-0.25, -0.2) is 0 Å². The first-order valence-corrected chi connectivity index (χ1v) is 6.87. The predicted molar refractivity (Wildman–Crippen MR) is 72.8 cm³/mol. The monoisotopic (exact) mass is 250 g/mol. The van der Waals surface area contributed by atoms with Gasteiger partial charge in [0, 0.05) is 35.9 Å². The van der Waals surface area contributed by atoms with E-state index in [-0.39, 0.29) is 0 Å². The molecule has 3 heteroatoms. The molecule has 1 unspecified atom stereocenters. The number of anilines is 1. The summed E-state index contributed by atoms with van der Waals surface area (Å²) < 4.78 is 0. The Morgan fingerprint density at radius 3 is 2.88 bits per heavy atom. The molecule has 3 rings (SSSR count). The molecule has 1 aromatic rings. The van der Waals surface area contributed by atoms with Crippen LogP contribution in [0.2, 0.25) is 5.02 Å². The number of nitrogens with zero attached hydrogens (tertiary/aromatic N) is 1. The lowest BCUT2D eigenvalue weighted by molar-refractivity contribution is 0.326. The average Bonchev–Trinajstić information content (AvgIpc) is 3.05. The Morgan fingerprint density at radius 2 is 2.12 bits per heavy atom. The zero-order chi connectivity index (χ0) is 11.8. The van der Waals surface area contributed by atoms with Crippen LogP contribution in [-0.4, -0.2) is 30.1 Å². The minimum Gasteiger partial charge on any atom is -0.381 e. The molecule has 1 saturated heterocycles. The zero-order valence-corrected chi connectivity index (χ0v) is 11.0. The molecule has 1 heterocycles. The van der Waals surface area contributed by atoms with Crippen LogP contribution in [0.15, 0.2) is 18.2 Å². The lowest BCUT2D eigenvalue weighted by Crippen LogP contribution is -2.27. The Labute approximate surface area is 108 Å². The molecule has 0 aromatic heterocycles. The third-order valence-electron chi connectivity index (χ3n) is 3.84. The Kier molecular flexibility index (Phi) is 3.01. The highest BCUT2D eigenvalue weighted by Gasteiger charge is 2.34. The largest absolute Gasteiger partial charge is 0.381 e. The van der Waals surface area contributed by atoms with Crippen LogP contribution < -0.4 is 5.32 Å². The van der Waals surface area contributed by atoms with E-state index in [1.54, 1.807) is 0 Å². The van der Waals surface area contributed by atoms with Crippen LogP contribution in [0.3, 0.4) is 0 Å². The number of hydrogen-bond acceptors (Lipinski definition) is 2. The highest BCUT2D eigenvalue weighted by Crippen LogP contribution is 2.31. The van der Waals surface area contributed by atoms with Gasteiger partial charge in [-0.1, -0.05) is 17.7 Å². The van der Waals surface area contributed by atoms with Crippen LogP contribution in [0.5, 0.6) is 0 Å². The fourth-order valence-corrected chi connectivity index (χ4v) is 2.82. The standard InChI is InChI=1S/C14H19ClN2/c1-10-2-3-11(15)8-14(10)16-12-6-7-17(9-12)13-4-5-13/h2-3,8,12-13,16H,4-7,9H2,1H3. The Morgan fingerprint density at radius 1 is 1.29 bits per heavy atom. The number of halogens is 1. The molecule has 17 heavy (non-hydrogen) atoms. The summed E-state index contributed by atoms with van der Waals surface area (Å²) in [5.41, 5.74) is 2.47. The molecule has 1 aliphatic heterocycles. The van der Waals surface area contributed by atoms with E-state index in [1.807, 2.05) is 12.1 Å². The molecule has 0 bridgehead atoms. The molecule has 1 atom stereocenters. The minimum atomic E-state index is 0.591. The molecule has 1 N–H and O–H groups in total. The molecule has 2 nitrogen and oxygen atoms in total. The summed E-state index contributed by atoms with van der Waals surface area (Å²) >= 11 is 6.04. The van der Waals surface area contributed by atoms with Gasteiger partial charge in [0.2, 0.25) is 0 Å². The molecule has 1 saturated carbocycles. The summed E-state index contributed by atoms with van der Waals surface area (Å²) in [7, 11) is 0. The van der Waals surface area contributed by atoms with Gasteiger partial charge in [-0.3, -0.25) is 4.90 Å². The van der Waals surface area contributed by atoms with Crippen molar-refractivity contribution < 1.29 is 0 Å².